The second-order valence-corrected chi connectivity index (χ2v) is 10.2. The van der Waals surface area contributed by atoms with Crippen LogP contribution in [0.2, 0.25) is 0 Å². The predicted octanol–water partition coefficient (Wildman–Crippen LogP) is 3.95. The van der Waals surface area contributed by atoms with Crippen LogP contribution in [0.1, 0.15) is 51.3 Å². The molecule has 0 spiro atoms. The van der Waals surface area contributed by atoms with Gasteiger partial charge in [-0.1, -0.05) is 12.1 Å². The highest BCUT2D eigenvalue weighted by Crippen LogP contribution is 2.31. The molecular formula is C26H29N7O4S. The van der Waals surface area contributed by atoms with Crippen molar-refractivity contribution in [3.8, 4) is 5.75 Å². The van der Waals surface area contributed by atoms with Gasteiger partial charge in [0.2, 0.25) is 0 Å². The van der Waals surface area contributed by atoms with Gasteiger partial charge in [-0.05, 0) is 44.4 Å². The first-order valence-corrected chi connectivity index (χ1v) is 13.1. The number of nitrogens with one attached hydrogen (secondary N) is 2. The number of anilines is 3. The van der Waals surface area contributed by atoms with Gasteiger partial charge in [-0.15, -0.1) is 16.4 Å². The van der Waals surface area contributed by atoms with Crippen LogP contribution in [-0.4, -0.2) is 58.3 Å². The van der Waals surface area contributed by atoms with Crippen LogP contribution in [0.4, 0.5) is 16.5 Å². The van der Waals surface area contributed by atoms with E-state index in [1.54, 1.807) is 14.0 Å². The molecule has 0 unspecified atom stereocenters. The maximum Gasteiger partial charge on any atom is 0.360 e. The molecule has 0 aliphatic heterocycles. The Morgan fingerprint density at radius 3 is 2.68 bits per heavy atom. The lowest BCUT2D eigenvalue weighted by molar-refractivity contribution is 0.0521. The van der Waals surface area contributed by atoms with Crippen molar-refractivity contribution < 1.29 is 19.1 Å². The zero-order valence-corrected chi connectivity index (χ0v) is 22.5. The molecule has 1 aromatic carbocycles. The van der Waals surface area contributed by atoms with Crippen LogP contribution in [0.5, 0.6) is 5.75 Å². The first kappa shape index (κ1) is 25.5. The molecule has 0 bridgehead atoms. The van der Waals surface area contributed by atoms with Crippen molar-refractivity contribution >= 4 is 45.4 Å². The standard InChI is InChI=1S/C26H29N7O4S/c1-5-37-26(35)22-25(38-15(2)28-22)30-21-12-19(32(3)14-16-6-10-18(36-4)11-7-16)23-27-13-20(33(23)31-21)24(34)29-17-8-9-17/h6-7,10-13,17H,5,8-9,14H2,1-4H3,(H,29,34)(H,30,31). The van der Waals surface area contributed by atoms with E-state index in [4.69, 9.17) is 9.47 Å². The Kier molecular flexibility index (Phi) is 7.14. The lowest BCUT2D eigenvalue weighted by Gasteiger charge is -2.21. The van der Waals surface area contributed by atoms with Crippen molar-refractivity contribution in [1.82, 2.24) is 24.9 Å². The summed E-state index contributed by atoms with van der Waals surface area (Å²) < 4.78 is 12.0. The number of carbonyl (C=O) groups is 2. The molecule has 38 heavy (non-hydrogen) atoms. The number of ether oxygens (including phenoxy) is 2. The van der Waals surface area contributed by atoms with Gasteiger partial charge < -0.3 is 25.0 Å². The fourth-order valence-corrected chi connectivity index (χ4v) is 4.81. The molecular weight excluding hydrogens is 506 g/mol. The Hall–Kier alpha value is -4.19. The Morgan fingerprint density at radius 1 is 1.24 bits per heavy atom. The van der Waals surface area contributed by atoms with Crippen LogP contribution < -0.4 is 20.3 Å². The fraction of sp³-hybridized carbons (Fsp3) is 0.346. The Labute approximate surface area is 223 Å². The molecule has 0 atom stereocenters. The van der Waals surface area contributed by atoms with Crippen molar-refractivity contribution in [2.75, 3.05) is 31.0 Å². The molecule has 11 nitrogen and oxygen atoms in total. The van der Waals surface area contributed by atoms with Crippen LogP contribution in [0.15, 0.2) is 36.5 Å². The molecule has 12 heteroatoms. The van der Waals surface area contributed by atoms with E-state index in [0.717, 1.165) is 29.8 Å². The maximum absolute atomic E-state index is 13.0. The minimum Gasteiger partial charge on any atom is -0.497 e. The predicted molar refractivity (Wildman–Crippen MR) is 145 cm³/mol. The van der Waals surface area contributed by atoms with Crippen LogP contribution in [0, 0.1) is 6.92 Å². The Balaban J connectivity index is 1.53. The number of amides is 1. The Bertz CT molecular complexity index is 1480. The summed E-state index contributed by atoms with van der Waals surface area (Å²) in [7, 11) is 3.58. The van der Waals surface area contributed by atoms with E-state index in [1.165, 1.54) is 22.0 Å². The monoisotopic (exact) mass is 535 g/mol. The summed E-state index contributed by atoms with van der Waals surface area (Å²) >= 11 is 1.33. The first-order chi connectivity index (χ1) is 18.4. The van der Waals surface area contributed by atoms with E-state index in [2.05, 4.69) is 25.7 Å². The molecule has 1 fully saturated rings. The van der Waals surface area contributed by atoms with Crippen LogP contribution in [0.3, 0.4) is 0 Å². The van der Waals surface area contributed by atoms with Gasteiger partial charge in [0.25, 0.3) is 5.91 Å². The van der Waals surface area contributed by atoms with Gasteiger partial charge in [-0.2, -0.15) is 0 Å². The van der Waals surface area contributed by atoms with Gasteiger partial charge in [0, 0.05) is 25.7 Å². The largest absolute Gasteiger partial charge is 0.497 e. The number of rotatable bonds is 10. The number of nitrogens with zero attached hydrogens (tertiary/aromatic N) is 5. The fourth-order valence-electron chi connectivity index (χ4n) is 3.99. The number of hydrogen-bond acceptors (Lipinski definition) is 10. The third-order valence-electron chi connectivity index (χ3n) is 6.03. The SMILES string of the molecule is CCOC(=O)c1nc(C)sc1Nc1cc(N(C)Cc2ccc(OC)cc2)c2ncc(C(=O)NC3CC3)n2n1. The molecule has 1 amide bonds. The lowest BCUT2D eigenvalue weighted by Crippen LogP contribution is -2.27. The number of esters is 1. The van der Waals surface area contributed by atoms with Crippen molar-refractivity contribution in [3.05, 3.63) is 58.5 Å². The number of methoxy groups -OCH3 is 1. The number of aromatic nitrogens is 4. The zero-order chi connectivity index (χ0) is 26.8. The van der Waals surface area contributed by atoms with Gasteiger partial charge in [-0.3, -0.25) is 4.79 Å². The second-order valence-electron chi connectivity index (χ2n) is 9.00. The molecule has 3 aromatic heterocycles. The van der Waals surface area contributed by atoms with Crippen molar-refractivity contribution in [1.29, 1.82) is 0 Å². The van der Waals surface area contributed by atoms with Crippen LogP contribution in [0.25, 0.3) is 5.65 Å². The molecule has 0 radical (unpaired) electrons. The number of benzene rings is 1. The highest BCUT2D eigenvalue weighted by Gasteiger charge is 2.27. The third-order valence-corrected chi connectivity index (χ3v) is 6.91. The first-order valence-electron chi connectivity index (χ1n) is 12.3. The summed E-state index contributed by atoms with van der Waals surface area (Å²) in [4.78, 5) is 36.4. The second kappa shape index (κ2) is 10.7. The van der Waals surface area contributed by atoms with Crippen molar-refractivity contribution in [2.45, 2.75) is 39.3 Å². The van der Waals surface area contributed by atoms with E-state index in [1.807, 2.05) is 49.2 Å². The van der Waals surface area contributed by atoms with Crippen molar-refractivity contribution in [3.63, 3.8) is 0 Å². The molecule has 1 aliphatic rings. The highest BCUT2D eigenvalue weighted by molar-refractivity contribution is 7.16. The smallest absolute Gasteiger partial charge is 0.360 e. The highest BCUT2D eigenvalue weighted by atomic mass is 32.1. The van der Waals surface area contributed by atoms with Gasteiger partial charge in [0.05, 0.1) is 30.6 Å². The summed E-state index contributed by atoms with van der Waals surface area (Å²) in [6.07, 6.45) is 3.48. The molecule has 198 valence electrons. The quantitative estimate of drug-likeness (QED) is 0.291. The molecule has 2 N–H and O–H groups in total. The summed E-state index contributed by atoms with van der Waals surface area (Å²) in [5.41, 5.74) is 2.89. The number of fused-ring (bicyclic) bond motifs is 1. The molecule has 1 aliphatic carbocycles. The average Bonchev–Trinajstić information content (AvgIpc) is 3.48. The molecule has 0 saturated heterocycles. The average molecular weight is 536 g/mol. The van der Waals surface area contributed by atoms with Crippen LogP contribution >= 0.6 is 11.3 Å². The normalized spacial score (nSPS) is 12.8. The van der Waals surface area contributed by atoms with Crippen molar-refractivity contribution in [2.24, 2.45) is 0 Å². The summed E-state index contributed by atoms with van der Waals surface area (Å²) in [5, 5.41) is 12.1. The van der Waals surface area contributed by atoms with Gasteiger partial charge in [0.1, 0.15) is 10.8 Å². The van der Waals surface area contributed by atoms with Crippen LogP contribution in [-0.2, 0) is 11.3 Å². The summed E-state index contributed by atoms with van der Waals surface area (Å²) in [6.45, 7) is 4.39. The maximum atomic E-state index is 13.0. The third kappa shape index (κ3) is 5.40. The number of carbonyl (C=O) groups excluding carboxylic acids is 2. The Morgan fingerprint density at radius 2 is 2.00 bits per heavy atom. The minimum absolute atomic E-state index is 0.193. The van der Waals surface area contributed by atoms with E-state index in [-0.39, 0.29) is 24.2 Å². The minimum atomic E-state index is -0.510. The number of thiazole rings is 1. The number of imidazole rings is 1. The zero-order valence-electron chi connectivity index (χ0n) is 21.6. The summed E-state index contributed by atoms with van der Waals surface area (Å²) in [6, 6.07) is 9.86. The van der Waals surface area contributed by atoms with E-state index >= 15 is 0 Å². The molecule has 3 heterocycles. The van der Waals surface area contributed by atoms with E-state index in [9.17, 15) is 9.59 Å². The van der Waals surface area contributed by atoms with Gasteiger partial charge in [-0.25, -0.2) is 19.3 Å². The van der Waals surface area contributed by atoms with Gasteiger partial charge in [0.15, 0.2) is 22.9 Å². The molecule has 1 saturated carbocycles. The molecule has 5 rings (SSSR count). The van der Waals surface area contributed by atoms with Gasteiger partial charge >= 0.3 is 5.97 Å². The topological polar surface area (TPSA) is 123 Å². The van der Waals surface area contributed by atoms with E-state index in [0.29, 0.717) is 33.7 Å². The number of aryl methyl sites for hydroxylation is 1. The lowest BCUT2D eigenvalue weighted by atomic mass is 10.2. The van der Waals surface area contributed by atoms with E-state index < -0.39 is 5.97 Å². The number of hydrogen-bond donors (Lipinski definition) is 2. The molecule has 4 aromatic rings. The summed E-state index contributed by atoms with van der Waals surface area (Å²) in [5.74, 6) is 0.478.